The highest BCUT2D eigenvalue weighted by Gasteiger charge is 2.40. The lowest BCUT2D eigenvalue weighted by Crippen LogP contribution is -2.56. The number of ether oxygens (including phenoxy) is 3. The highest BCUT2D eigenvalue weighted by atomic mass is 16.6. The maximum Gasteiger partial charge on any atom is 0.306 e. The molecule has 1 aliphatic heterocycles. The Morgan fingerprint density at radius 2 is 1.32 bits per heavy atom. The smallest absolute Gasteiger partial charge is 0.306 e. The van der Waals surface area contributed by atoms with Gasteiger partial charge >= 0.3 is 17.9 Å². The van der Waals surface area contributed by atoms with Crippen molar-refractivity contribution in [2.24, 2.45) is 5.41 Å². The molecule has 254 valence electrons. The number of hydrogen-bond donors (Lipinski definition) is 0. The first-order valence-corrected chi connectivity index (χ1v) is 17.6. The second kappa shape index (κ2) is 20.1. The van der Waals surface area contributed by atoms with Crippen molar-refractivity contribution in [1.29, 1.82) is 0 Å². The van der Waals surface area contributed by atoms with Crippen molar-refractivity contribution in [2.75, 3.05) is 26.2 Å². The number of hydrogen-bond acceptors (Lipinski definition) is 8. The number of piperidine rings is 1. The number of carbonyl (C=O) groups excluding carboxylic acids is 4. The van der Waals surface area contributed by atoms with E-state index in [4.69, 9.17) is 14.2 Å². The molecule has 2 aliphatic rings. The van der Waals surface area contributed by atoms with Gasteiger partial charge < -0.3 is 19.1 Å². The molecule has 1 heterocycles. The lowest BCUT2D eigenvalue weighted by atomic mass is 9.89. The summed E-state index contributed by atoms with van der Waals surface area (Å²) >= 11 is 0. The van der Waals surface area contributed by atoms with Crippen LogP contribution < -0.4 is 0 Å². The van der Waals surface area contributed by atoms with Crippen LogP contribution in [0.25, 0.3) is 0 Å². The van der Waals surface area contributed by atoms with Gasteiger partial charge in [0.15, 0.2) is 6.10 Å². The molecule has 1 saturated carbocycles. The van der Waals surface area contributed by atoms with Gasteiger partial charge in [0.2, 0.25) is 5.91 Å². The van der Waals surface area contributed by atoms with Gasteiger partial charge in [-0.1, -0.05) is 73.6 Å². The van der Waals surface area contributed by atoms with Crippen molar-refractivity contribution in [3.05, 3.63) is 0 Å². The zero-order valence-corrected chi connectivity index (χ0v) is 28.7. The SMILES string of the molecule is CCCC(=O)OC[C@@H]1C[C@H](OC(=O)CCC)[C@@H](OC(=O)CCC)CN1CCCCCCN(C(=O)C(C)(C)C)C1CCCCC1. The molecule has 0 radical (unpaired) electrons. The predicted octanol–water partition coefficient (Wildman–Crippen LogP) is 6.60. The minimum Gasteiger partial charge on any atom is -0.464 e. The van der Waals surface area contributed by atoms with E-state index in [-0.39, 0.29) is 41.9 Å². The molecule has 9 nitrogen and oxygen atoms in total. The first-order chi connectivity index (χ1) is 21.0. The van der Waals surface area contributed by atoms with Crippen LogP contribution in [-0.2, 0) is 33.4 Å². The minimum absolute atomic E-state index is 0.123. The fraction of sp³-hybridized carbons (Fsp3) is 0.886. The Morgan fingerprint density at radius 3 is 1.91 bits per heavy atom. The van der Waals surface area contributed by atoms with E-state index >= 15 is 0 Å². The van der Waals surface area contributed by atoms with Gasteiger partial charge in [0.25, 0.3) is 0 Å². The molecule has 0 aromatic carbocycles. The Hall–Kier alpha value is -2.16. The number of amides is 1. The number of unbranched alkanes of at least 4 members (excludes halogenated alkanes) is 3. The molecule has 1 saturated heterocycles. The molecule has 3 atom stereocenters. The maximum atomic E-state index is 13.3. The maximum absolute atomic E-state index is 13.3. The molecule has 0 bridgehead atoms. The van der Waals surface area contributed by atoms with Gasteiger partial charge in [-0.05, 0) is 51.5 Å². The molecule has 44 heavy (non-hydrogen) atoms. The lowest BCUT2D eigenvalue weighted by molar-refractivity contribution is -0.179. The van der Waals surface area contributed by atoms with Crippen molar-refractivity contribution >= 4 is 23.8 Å². The molecule has 1 amide bonds. The molecule has 1 aliphatic carbocycles. The highest BCUT2D eigenvalue weighted by molar-refractivity contribution is 5.81. The first kappa shape index (κ1) is 38.0. The zero-order chi connectivity index (χ0) is 32.5. The largest absolute Gasteiger partial charge is 0.464 e. The normalized spacial score (nSPS) is 21.5. The minimum atomic E-state index is -0.563. The molecule has 0 spiro atoms. The monoisotopic (exact) mass is 622 g/mol. The Morgan fingerprint density at radius 1 is 0.750 bits per heavy atom. The second-order valence-corrected chi connectivity index (χ2v) is 13.8. The van der Waals surface area contributed by atoms with Gasteiger partial charge in [0.1, 0.15) is 12.7 Å². The van der Waals surface area contributed by atoms with Crippen LogP contribution in [0, 0.1) is 5.41 Å². The summed E-state index contributed by atoms with van der Waals surface area (Å²) in [5, 5.41) is 0. The summed E-state index contributed by atoms with van der Waals surface area (Å²) in [5.41, 5.74) is -0.374. The van der Waals surface area contributed by atoms with E-state index in [9.17, 15) is 19.2 Å². The standard InChI is InChI=1S/C35H62N2O7/c1-7-17-31(38)42-26-28-24-29(43-32(39)18-8-2)30(44-33(40)19-9-3)25-36(28)22-15-10-11-16-23-37(34(41)35(4,5)6)27-20-13-12-14-21-27/h27-30H,7-26H2,1-6H3/t28-,29-,30-/m0/s1. The third kappa shape index (κ3) is 13.5. The first-order valence-electron chi connectivity index (χ1n) is 17.6. The Balaban J connectivity index is 2.01. The zero-order valence-electron chi connectivity index (χ0n) is 28.7. The summed E-state index contributed by atoms with van der Waals surface area (Å²) in [5.74, 6) is -0.544. The van der Waals surface area contributed by atoms with Crippen LogP contribution in [0.15, 0.2) is 0 Å². The van der Waals surface area contributed by atoms with Crippen LogP contribution >= 0.6 is 0 Å². The van der Waals surface area contributed by atoms with Crippen molar-refractivity contribution < 1.29 is 33.4 Å². The van der Waals surface area contributed by atoms with Crippen molar-refractivity contribution in [3.63, 3.8) is 0 Å². The summed E-state index contributed by atoms with van der Waals surface area (Å²) in [7, 11) is 0. The van der Waals surface area contributed by atoms with Crippen LogP contribution in [0.1, 0.15) is 144 Å². The van der Waals surface area contributed by atoms with Crippen LogP contribution in [0.3, 0.4) is 0 Å². The number of likely N-dealkylation sites (tertiary alicyclic amines) is 1. The topological polar surface area (TPSA) is 102 Å². The highest BCUT2D eigenvalue weighted by Crippen LogP contribution is 2.28. The van der Waals surface area contributed by atoms with Crippen LogP contribution in [0.5, 0.6) is 0 Å². The van der Waals surface area contributed by atoms with E-state index in [1.165, 1.54) is 19.3 Å². The second-order valence-electron chi connectivity index (χ2n) is 13.8. The van der Waals surface area contributed by atoms with E-state index in [0.29, 0.717) is 51.1 Å². The van der Waals surface area contributed by atoms with Gasteiger partial charge in [-0.15, -0.1) is 0 Å². The van der Waals surface area contributed by atoms with Crippen LogP contribution in [0.4, 0.5) is 0 Å². The number of nitrogens with zero attached hydrogens (tertiary/aromatic N) is 2. The summed E-state index contributed by atoms with van der Waals surface area (Å²) < 4.78 is 17.3. The number of esters is 3. The molecule has 2 rings (SSSR count). The Labute approximate surface area is 267 Å². The molecule has 0 N–H and O–H groups in total. The van der Waals surface area contributed by atoms with Gasteiger partial charge in [-0.25, -0.2) is 0 Å². The van der Waals surface area contributed by atoms with E-state index < -0.39 is 12.2 Å². The Bertz CT molecular complexity index is 881. The van der Waals surface area contributed by atoms with Gasteiger partial charge in [0, 0.05) is 56.3 Å². The lowest BCUT2D eigenvalue weighted by Gasteiger charge is -2.42. The molecule has 0 unspecified atom stereocenters. The summed E-state index contributed by atoms with van der Waals surface area (Å²) in [6.07, 6.45) is 12.3. The average Bonchev–Trinajstić information content (AvgIpc) is 2.97. The molecule has 9 heteroatoms. The van der Waals surface area contributed by atoms with Crippen LogP contribution in [-0.4, -0.2) is 84.1 Å². The fourth-order valence-corrected chi connectivity index (χ4v) is 6.30. The van der Waals surface area contributed by atoms with Gasteiger partial charge in [-0.2, -0.15) is 0 Å². The van der Waals surface area contributed by atoms with E-state index in [1.807, 2.05) is 41.5 Å². The number of rotatable bonds is 18. The van der Waals surface area contributed by atoms with Crippen molar-refractivity contribution in [3.8, 4) is 0 Å². The quantitative estimate of drug-likeness (QED) is 0.0958. The predicted molar refractivity (Wildman–Crippen MR) is 172 cm³/mol. The van der Waals surface area contributed by atoms with Gasteiger partial charge in [0.05, 0.1) is 0 Å². The summed E-state index contributed by atoms with van der Waals surface area (Å²) in [6, 6.07) is 0.245. The summed E-state index contributed by atoms with van der Waals surface area (Å²) in [4.78, 5) is 54.8. The van der Waals surface area contributed by atoms with Crippen molar-refractivity contribution in [2.45, 2.75) is 169 Å². The van der Waals surface area contributed by atoms with E-state index in [0.717, 1.165) is 58.0 Å². The molecule has 2 fully saturated rings. The molecule has 0 aromatic heterocycles. The van der Waals surface area contributed by atoms with E-state index in [2.05, 4.69) is 9.80 Å². The molecular formula is C35H62N2O7. The van der Waals surface area contributed by atoms with E-state index in [1.54, 1.807) is 0 Å². The van der Waals surface area contributed by atoms with Crippen LogP contribution in [0.2, 0.25) is 0 Å². The Kier molecular flexibility index (Phi) is 17.3. The van der Waals surface area contributed by atoms with Crippen molar-refractivity contribution in [1.82, 2.24) is 9.80 Å². The molecule has 0 aromatic rings. The summed E-state index contributed by atoms with van der Waals surface area (Å²) in [6.45, 7) is 14.1. The molecular weight excluding hydrogens is 560 g/mol. The van der Waals surface area contributed by atoms with Gasteiger partial charge in [-0.3, -0.25) is 24.1 Å². The third-order valence-electron chi connectivity index (χ3n) is 8.73. The third-order valence-corrected chi connectivity index (χ3v) is 8.73. The fourth-order valence-electron chi connectivity index (χ4n) is 6.30. The average molecular weight is 623 g/mol. The number of carbonyl (C=O) groups is 4.